The molecule has 0 unspecified atom stereocenters. The molecule has 0 bridgehead atoms. The molecule has 3 nitrogen and oxygen atoms in total. The van der Waals surface area contributed by atoms with E-state index in [1.54, 1.807) is 25.3 Å². The molecule has 0 saturated heterocycles. The number of halogens is 1. The highest BCUT2D eigenvalue weighted by Gasteiger charge is 2.11. The van der Waals surface area contributed by atoms with Crippen LogP contribution in [0, 0.1) is 5.82 Å². The number of H-pyrrole nitrogens is 1. The van der Waals surface area contributed by atoms with Crippen LogP contribution in [0.5, 0.6) is 5.75 Å². The monoisotopic (exact) mass is 268 g/mol. The van der Waals surface area contributed by atoms with Crippen LogP contribution >= 0.6 is 0 Å². The van der Waals surface area contributed by atoms with Crippen molar-refractivity contribution in [2.24, 2.45) is 0 Å². The van der Waals surface area contributed by atoms with Gasteiger partial charge in [0.25, 0.3) is 0 Å². The van der Waals surface area contributed by atoms with Crippen molar-refractivity contribution in [1.29, 1.82) is 0 Å². The standard InChI is InChI=1S/C16H13FN2O/c1-20-16-9-5-3-7-12(16)15-10-14(18-19-15)11-6-2-4-8-13(11)17/h2-10H,1H3,(H,18,19). The molecule has 0 aliphatic heterocycles. The molecule has 0 fully saturated rings. The van der Waals surface area contributed by atoms with E-state index in [0.29, 0.717) is 11.3 Å². The third-order valence-corrected chi connectivity index (χ3v) is 3.12. The smallest absolute Gasteiger partial charge is 0.132 e. The summed E-state index contributed by atoms with van der Waals surface area (Å²) in [5.74, 6) is 0.460. The fourth-order valence-corrected chi connectivity index (χ4v) is 2.13. The molecule has 0 amide bonds. The lowest BCUT2D eigenvalue weighted by atomic mass is 10.1. The van der Waals surface area contributed by atoms with Crippen LogP contribution in [0.15, 0.2) is 54.6 Å². The second-order valence-electron chi connectivity index (χ2n) is 4.35. The van der Waals surface area contributed by atoms with E-state index in [0.717, 1.165) is 17.0 Å². The molecular formula is C16H13FN2O. The van der Waals surface area contributed by atoms with Crippen molar-refractivity contribution < 1.29 is 9.13 Å². The van der Waals surface area contributed by atoms with Crippen molar-refractivity contribution in [2.45, 2.75) is 0 Å². The largest absolute Gasteiger partial charge is 0.496 e. The molecule has 0 aliphatic rings. The molecule has 1 N–H and O–H groups in total. The molecule has 3 aromatic rings. The maximum absolute atomic E-state index is 13.8. The molecule has 20 heavy (non-hydrogen) atoms. The zero-order valence-corrected chi connectivity index (χ0v) is 10.9. The maximum Gasteiger partial charge on any atom is 0.132 e. The number of methoxy groups -OCH3 is 1. The first kappa shape index (κ1) is 12.4. The van der Waals surface area contributed by atoms with Crippen LogP contribution in [0.3, 0.4) is 0 Å². The summed E-state index contributed by atoms with van der Waals surface area (Å²) in [4.78, 5) is 0. The molecule has 4 heteroatoms. The van der Waals surface area contributed by atoms with Gasteiger partial charge in [0, 0.05) is 11.1 Å². The van der Waals surface area contributed by atoms with Gasteiger partial charge in [-0.25, -0.2) is 4.39 Å². The average molecular weight is 268 g/mol. The van der Waals surface area contributed by atoms with Crippen molar-refractivity contribution >= 4 is 0 Å². The highest BCUT2D eigenvalue weighted by Crippen LogP contribution is 2.31. The molecule has 2 aromatic carbocycles. The van der Waals surface area contributed by atoms with Crippen LogP contribution in [-0.2, 0) is 0 Å². The number of aromatic amines is 1. The van der Waals surface area contributed by atoms with E-state index in [1.807, 2.05) is 30.3 Å². The van der Waals surface area contributed by atoms with Gasteiger partial charge in [-0.3, -0.25) is 5.10 Å². The Kier molecular flexibility index (Phi) is 3.21. The third kappa shape index (κ3) is 2.16. The van der Waals surface area contributed by atoms with E-state index in [2.05, 4.69) is 10.2 Å². The first-order valence-corrected chi connectivity index (χ1v) is 6.23. The minimum atomic E-state index is -0.275. The summed E-state index contributed by atoms with van der Waals surface area (Å²) in [7, 11) is 1.61. The van der Waals surface area contributed by atoms with Gasteiger partial charge in [-0.1, -0.05) is 24.3 Å². The first-order chi connectivity index (χ1) is 9.79. The number of hydrogen-bond acceptors (Lipinski definition) is 2. The number of hydrogen-bond donors (Lipinski definition) is 1. The molecule has 0 radical (unpaired) electrons. The van der Waals surface area contributed by atoms with Gasteiger partial charge in [0.1, 0.15) is 11.6 Å². The maximum atomic E-state index is 13.8. The predicted molar refractivity (Wildman–Crippen MR) is 76.0 cm³/mol. The quantitative estimate of drug-likeness (QED) is 0.782. The second-order valence-corrected chi connectivity index (χ2v) is 4.35. The first-order valence-electron chi connectivity index (χ1n) is 6.23. The summed E-state index contributed by atoms with van der Waals surface area (Å²) >= 11 is 0. The predicted octanol–water partition coefficient (Wildman–Crippen LogP) is 3.89. The third-order valence-electron chi connectivity index (χ3n) is 3.12. The van der Waals surface area contributed by atoms with E-state index < -0.39 is 0 Å². The second kappa shape index (κ2) is 5.17. The zero-order chi connectivity index (χ0) is 13.9. The Morgan fingerprint density at radius 3 is 2.45 bits per heavy atom. The lowest BCUT2D eigenvalue weighted by molar-refractivity contribution is 0.416. The summed E-state index contributed by atoms with van der Waals surface area (Å²) in [6.45, 7) is 0. The number of nitrogens with one attached hydrogen (secondary N) is 1. The number of nitrogens with zero attached hydrogens (tertiary/aromatic N) is 1. The number of ether oxygens (including phenoxy) is 1. The van der Waals surface area contributed by atoms with Gasteiger partial charge >= 0.3 is 0 Å². The molecule has 1 aromatic heterocycles. The molecule has 0 aliphatic carbocycles. The number of aromatic nitrogens is 2. The minimum Gasteiger partial charge on any atom is -0.496 e. The van der Waals surface area contributed by atoms with Crippen molar-refractivity contribution in [3.8, 4) is 28.3 Å². The van der Waals surface area contributed by atoms with Gasteiger partial charge in [-0.2, -0.15) is 5.10 Å². The van der Waals surface area contributed by atoms with Crippen LogP contribution in [0.1, 0.15) is 0 Å². The van der Waals surface area contributed by atoms with E-state index in [1.165, 1.54) is 6.07 Å². The van der Waals surface area contributed by atoms with Gasteiger partial charge in [-0.05, 0) is 30.3 Å². The van der Waals surface area contributed by atoms with Crippen molar-refractivity contribution in [2.75, 3.05) is 7.11 Å². The Bertz CT molecular complexity index is 737. The molecule has 0 atom stereocenters. The normalized spacial score (nSPS) is 10.5. The van der Waals surface area contributed by atoms with Crippen molar-refractivity contribution in [1.82, 2.24) is 10.2 Å². The van der Waals surface area contributed by atoms with Crippen molar-refractivity contribution in [3.05, 3.63) is 60.4 Å². The van der Waals surface area contributed by atoms with E-state index in [4.69, 9.17) is 4.74 Å². The lowest BCUT2D eigenvalue weighted by Gasteiger charge is -2.04. The van der Waals surface area contributed by atoms with E-state index in [9.17, 15) is 4.39 Å². The molecule has 3 rings (SSSR count). The Balaban J connectivity index is 2.05. The molecule has 0 saturated carbocycles. The van der Waals surface area contributed by atoms with Gasteiger partial charge in [0.05, 0.1) is 18.5 Å². The number of para-hydroxylation sites is 1. The fraction of sp³-hybridized carbons (Fsp3) is 0.0625. The van der Waals surface area contributed by atoms with Crippen LogP contribution in [0.25, 0.3) is 22.5 Å². The van der Waals surface area contributed by atoms with Crippen LogP contribution in [0.4, 0.5) is 4.39 Å². The summed E-state index contributed by atoms with van der Waals surface area (Å²) in [6, 6.07) is 16.0. The minimum absolute atomic E-state index is 0.275. The highest BCUT2D eigenvalue weighted by molar-refractivity contribution is 5.72. The van der Waals surface area contributed by atoms with Gasteiger partial charge in [0.2, 0.25) is 0 Å². The fourth-order valence-electron chi connectivity index (χ4n) is 2.13. The van der Waals surface area contributed by atoms with Gasteiger partial charge in [0.15, 0.2) is 0 Å². The highest BCUT2D eigenvalue weighted by atomic mass is 19.1. The Labute approximate surface area is 116 Å². The van der Waals surface area contributed by atoms with Crippen LogP contribution in [0.2, 0.25) is 0 Å². The van der Waals surface area contributed by atoms with Crippen LogP contribution < -0.4 is 4.74 Å². The summed E-state index contributed by atoms with van der Waals surface area (Å²) in [5.41, 5.74) is 2.74. The summed E-state index contributed by atoms with van der Waals surface area (Å²) < 4.78 is 19.1. The van der Waals surface area contributed by atoms with Crippen LogP contribution in [-0.4, -0.2) is 17.3 Å². The molecule has 0 spiro atoms. The van der Waals surface area contributed by atoms with Crippen molar-refractivity contribution in [3.63, 3.8) is 0 Å². The number of rotatable bonds is 3. The Hall–Kier alpha value is -2.62. The van der Waals surface area contributed by atoms with E-state index >= 15 is 0 Å². The molecule has 1 heterocycles. The Morgan fingerprint density at radius 2 is 1.70 bits per heavy atom. The van der Waals surface area contributed by atoms with E-state index in [-0.39, 0.29) is 5.82 Å². The average Bonchev–Trinajstić information content (AvgIpc) is 2.97. The van der Waals surface area contributed by atoms with Gasteiger partial charge in [-0.15, -0.1) is 0 Å². The molecular weight excluding hydrogens is 255 g/mol. The Morgan fingerprint density at radius 1 is 1.00 bits per heavy atom. The topological polar surface area (TPSA) is 37.9 Å². The molecule has 100 valence electrons. The lowest BCUT2D eigenvalue weighted by Crippen LogP contribution is -1.87. The zero-order valence-electron chi connectivity index (χ0n) is 10.9. The summed E-state index contributed by atoms with van der Waals surface area (Å²) in [5, 5.41) is 7.11. The summed E-state index contributed by atoms with van der Waals surface area (Å²) in [6.07, 6.45) is 0. The van der Waals surface area contributed by atoms with Gasteiger partial charge < -0.3 is 4.74 Å². The number of benzene rings is 2. The SMILES string of the molecule is COc1ccccc1-c1cc(-c2ccccc2F)[nH]n1.